The maximum Gasteiger partial charge on any atom is 0.153 e. The molecule has 0 N–H and O–H groups in total. The zero-order chi connectivity index (χ0) is 8.84. The number of hydrogen-bond acceptors (Lipinski definition) is 4. The third-order valence-corrected chi connectivity index (χ3v) is 2.99. The summed E-state index contributed by atoms with van der Waals surface area (Å²) < 4.78 is 0. The average Bonchev–Trinajstić information content (AvgIpc) is 2.65. The number of aliphatic imine (C=N–C) groups is 3. The molecule has 0 aliphatic carbocycles. The van der Waals surface area contributed by atoms with Crippen LogP contribution in [0.4, 0.5) is 0 Å². The Balaban J connectivity index is 2.00. The Bertz CT molecular complexity index is 333. The van der Waals surface area contributed by atoms with Crippen molar-refractivity contribution in [2.75, 3.05) is 6.54 Å². The summed E-state index contributed by atoms with van der Waals surface area (Å²) in [6, 6.07) is -0.0260. The lowest BCUT2D eigenvalue weighted by molar-refractivity contribution is 0.358. The van der Waals surface area contributed by atoms with Gasteiger partial charge < -0.3 is 4.90 Å². The molecule has 13 heavy (non-hydrogen) atoms. The molecular formula is C8H9ClN4. The fourth-order valence-electron chi connectivity index (χ4n) is 2.07. The first-order chi connectivity index (χ1) is 6.36. The van der Waals surface area contributed by atoms with Crippen molar-refractivity contribution in [1.82, 2.24) is 4.90 Å². The van der Waals surface area contributed by atoms with E-state index >= 15 is 0 Å². The quantitative estimate of drug-likeness (QED) is 0.567. The molecule has 1 fully saturated rings. The lowest BCUT2D eigenvalue weighted by Gasteiger charge is -2.23. The van der Waals surface area contributed by atoms with E-state index in [1.54, 1.807) is 6.34 Å². The summed E-state index contributed by atoms with van der Waals surface area (Å²) >= 11 is 5.95. The van der Waals surface area contributed by atoms with Crippen LogP contribution in [0.15, 0.2) is 15.0 Å². The summed E-state index contributed by atoms with van der Waals surface area (Å²) in [5.74, 6) is 1.16. The summed E-state index contributed by atoms with van der Waals surface area (Å²) in [7, 11) is 0. The molecule has 1 saturated heterocycles. The van der Waals surface area contributed by atoms with E-state index in [9.17, 15) is 0 Å². The molecule has 0 radical (unpaired) electrons. The Kier molecular flexibility index (Phi) is 1.47. The van der Waals surface area contributed by atoms with Gasteiger partial charge in [0.2, 0.25) is 0 Å². The largest absolute Gasteiger partial charge is 0.336 e. The molecule has 68 valence electrons. The minimum absolute atomic E-state index is 0.0260. The van der Waals surface area contributed by atoms with Gasteiger partial charge in [0.25, 0.3) is 0 Å². The molecule has 0 unspecified atom stereocenters. The summed E-state index contributed by atoms with van der Waals surface area (Å²) in [6.45, 7) is 1.06. The van der Waals surface area contributed by atoms with Crippen molar-refractivity contribution in [2.24, 2.45) is 15.0 Å². The van der Waals surface area contributed by atoms with Gasteiger partial charge in [-0.3, -0.25) is 4.99 Å². The Labute approximate surface area is 81.0 Å². The molecule has 0 aromatic heterocycles. The van der Waals surface area contributed by atoms with Crippen molar-refractivity contribution in [3.63, 3.8) is 0 Å². The summed E-state index contributed by atoms with van der Waals surface area (Å²) in [5.41, 5.74) is 0. The predicted octanol–water partition coefficient (Wildman–Crippen LogP) is 0.868. The molecular weight excluding hydrogens is 188 g/mol. The van der Waals surface area contributed by atoms with E-state index in [0.717, 1.165) is 18.8 Å². The molecule has 3 heterocycles. The van der Waals surface area contributed by atoms with Gasteiger partial charge in [0.1, 0.15) is 23.4 Å². The number of rotatable bonds is 0. The monoisotopic (exact) mass is 196 g/mol. The van der Waals surface area contributed by atoms with Gasteiger partial charge in [-0.25, -0.2) is 9.98 Å². The molecule has 5 heteroatoms. The molecule has 4 nitrogen and oxygen atoms in total. The first kappa shape index (κ1) is 7.50. The number of halogens is 1. The normalized spacial score (nSPS) is 35.6. The van der Waals surface area contributed by atoms with Gasteiger partial charge in [-0.1, -0.05) is 11.6 Å². The zero-order valence-corrected chi connectivity index (χ0v) is 7.78. The molecule has 0 amide bonds. The van der Waals surface area contributed by atoms with Crippen molar-refractivity contribution in [3.05, 3.63) is 0 Å². The fourth-order valence-corrected chi connectivity index (χ4v) is 2.28. The van der Waals surface area contributed by atoms with E-state index in [-0.39, 0.29) is 12.2 Å². The minimum atomic E-state index is -0.0260. The van der Waals surface area contributed by atoms with E-state index < -0.39 is 0 Å². The highest BCUT2D eigenvalue weighted by atomic mass is 35.5. The van der Waals surface area contributed by atoms with Crippen LogP contribution in [0.1, 0.15) is 12.8 Å². The first-order valence-corrected chi connectivity index (χ1v) is 4.82. The molecule has 2 atom stereocenters. The van der Waals surface area contributed by atoms with E-state index in [4.69, 9.17) is 11.6 Å². The number of amidine groups is 1. The summed E-state index contributed by atoms with van der Waals surface area (Å²) in [6.07, 6.45) is 3.89. The number of hydrogen-bond donors (Lipinski definition) is 0. The van der Waals surface area contributed by atoms with E-state index in [2.05, 4.69) is 19.9 Å². The van der Waals surface area contributed by atoms with E-state index in [1.165, 1.54) is 6.42 Å². The van der Waals surface area contributed by atoms with Crippen LogP contribution in [-0.4, -0.2) is 41.0 Å². The molecule has 0 saturated carbocycles. The highest BCUT2D eigenvalue weighted by Crippen LogP contribution is 2.29. The standard InChI is InChI=1S/C8H9ClN4/c9-7-6-8(11-4-10-7)13-3-1-2-5(13)12-6/h4,6,8H,1-3H2/t6-,8+/m0/s1. The highest BCUT2D eigenvalue weighted by molar-refractivity contribution is 6.67. The van der Waals surface area contributed by atoms with Crippen molar-refractivity contribution in [2.45, 2.75) is 25.0 Å². The second-order valence-corrected chi connectivity index (χ2v) is 3.80. The van der Waals surface area contributed by atoms with Gasteiger partial charge >= 0.3 is 0 Å². The van der Waals surface area contributed by atoms with Crippen LogP contribution in [0.3, 0.4) is 0 Å². The zero-order valence-electron chi connectivity index (χ0n) is 7.02. The number of nitrogens with zero attached hydrogens (tertiary/aromatic N) is 4. The van der Waals surface area contributed by atoms with Crippen LogP contribution in [-0.2, 0) is 0 Å². The van der Waals surface area contributed by atoms with E-state index in [1.807, 2.05) is 0 Å². The van der Waals surface area contributed by atoms with Gasteiger partial charge in [0.05, 0.1) is 0 Å². The lowest BCUT2D eigenvalue weighted by atomic mass is 10.2. The van der Waals surface area contributed by atoms with Crippen LogP contribution < -0.4 is 0 Å². The van der Waals surface area contributed by atoms with Gasteiger partial charge in [0.15, 0.2) is 6.17 Å². The van der Waals surface area contributed by atoms with Crippen LogP contribution in [0, 0.1) is 0 Å². The van der Waals surface area contributed by atoms with Crippen LogP contribution in [0.5, 0.6) is 0 Å². The van der Waals surface area contributed by atoms with Crippen molar-refractivity contribution >= 4 is 28.9 Å². The summed E-state index contributed by atoms with van der Waals surface area (Å²) in [5, 5.41) is 0.571. The first-order valence-electron chi connectivity index (χ1n) is 4.44. The maximum atomic E-state index is 5.95. The third kappa shape index (κ3) is 0.950. The minimum Gasteiger partial charge on any atom is -0.336 e. The Hall–Kier alpha value is -0.900. The van der Waals surface area contributed by atoms with Crippen molar-refractivity contribution in [3.8, 4) is 0 Å². The maximum absolute atomic E-state index is 5.95. The van der Waals surface area contributed by atoms with E-state index in [0.29, 0.717) is 5.17 Å². The highest BCUT2D eigenvalue weighted by Gasteiger charge is 2.41. The van der Waals surface area contributed by atoms with Gasteiger partial charge in [0, 0.05) is 13.0 Å². The van der Waals surface area contributed by atoms with Crippen molar-refractivity contribution < 1.29 is 0 Å². The van der Waals surface area contributed by atoms with Crippen LogP contribution in [0.2, 0.25) is 0 Å². The Morgan fingerprint density at radius 1 is 1.54 bits per heavy atom. The summed E-state index contributed by atoms with van der Waals surface area (Å²) in [4.78, 5) is 15.0. The third-order valence-electron chi connectivity index (χ3n) is 2.67. The second-order valence-electron chi connectivity index (χ2n) is 3.42. The predicted molar refractivity (Wildman–Crippen MR) is 52.7 cm³/mol. The van der Waals surface area contributed by atoms with Crippen LogP contribution >= 0.6 is 11.6 Å². The number of fused-ring (bicyclic) bond motifs is 3. The lowest BCUT2D eigenvalue weighted by Crippen LogP contribution is -2.39. The molecule has 3 aliphatic heterocycles. The topological polar surface area (TPSA) is 40.3 Å². The Morgan fingerprint density at radius 2 is 2.46 bits per heavy atom. The van der Waals surface area contributed by atoms with Gasteiger partial charge in [-0.15, -0.1) is 0 Å². The molecule has 3 rings (SSSR count). The molecule has 0 aromatic rings. The van der Waals surface area contributed by atoms with Gasteiger partial charge in [-0.05, 0) is 6.42 Å². The smallest absolute Gasteiger partial charge is 0.153 e. The van der Waals surface area contributed by atoms with Crippen LogP contribution in [0.25, 0.3) is 0 Å². The molecule has 0 spiro atoms. The molecule has 0 bridgehead atoms. The second kappa shape index (κ2) is 2.54. The van der Waals surface area contributed by atoms with Gasteiger partial charge in [-0.2, -0.15) is 0 Å². The van der Waals surface area contributed by atoms with Crippen molar-refractivity contribution in [1.29, 1.82) is 0 Å². The molecule has 0 aromatic carbocycles. The SMILES string of the molecule is ClC1=NC=N[C@H]2[C@H]1N=C1CCCN12. The fraction of sp³-hybridized carbons (Fsp3) is 0.625. The Morgan fingerprint density at radius 3 is 3.38 bits per heavy atom. The molecule has 3 aliphatic rings. The average molecular weight is 197 g/mol.